The smallest absolute Gasteiger partial charge is 0.290 e. The molecule has 0 radical (unpaired) electrons. The molecule has 0 saturated heterocycles. The molecule has 1 N–H and O–H groups in total. The van der Waals surface area contributed by atoms with Gasteiger partial charge in [-0.2, -0.15) is 0 Å². The van der Waals surface area contributed by atoms with Crippen molar-refractivity contribution in [3.8, 4) is 5.75 Å². The molecule has 6 heteroatoms. The number of nitrogens with zero attached hydrogens (tertiary/aromatic N) is 1. The van der Waals surface area contributed by atoms with E-state index in [1.807, 2.05) is 54.6 Å². The normalized spacial score (nSPS) is 16.3. The molecular formula is C27H31NO5. The molecule has 2 aromatic rings. The Bertz CT molecular complexity index is 1030. The fraction of sp³-hybridized carbons (Fsp3) is 0.333. The van der Waals surface area contributed by atoms with Gasteiger partial charge in [-0.15, -0.1) is 0 Å². The van der Waals surface area contributed by atoms with Gasteiger partial charge in [-0.1, -0.05) is 62.4 Å². The number of ketones is 1. The van der Waals surface area contributed by atoms with Crippen LogP contribution in [0.4, 0.5) is 0 Å². The molecule has 2 aromatic carbocycles. The van der Waals surface area contributed by atoms with Gasteiger partial charge in [0.25, 0.3) is 5.91 Å². The van der Waals surface area contributed by atoms with Crippen molar-refractivity contribution in [1.82, 2.24) is 4.90 Å². The summed E-state index contributed by atoms with van der Waals surface area (Å²) in [4.78, 5) is 27.5. The first-order valence-electron chi connectivity index (χ1n) is 11.2. The van der Waals surface area contributed by atoms with Crippen molar-refractivity contribution in [1.29, 1.82) is 0 Å². The Morgan fingerprint density at radius 2 is 1.88 bits per heavy atom. The standard InChI is InChI=1S/C27H31NO5/c1-19(2)14-16-33-22-11-7-10-21(18-22)25-24(26(30)27(31)28(25)15-17-32-3)23(29)13-12-20-8-5-4-6-9-20/h4-13,18-19,25,30H,14-17H2,1-3H3/b13-12+. The lowest BCUT2D eigenvalue weighted by Gasteiger charge is -2.26. The number of methoxy groups -OCH3 is 1. The van der Waals surface area contributed by atoms with Gasteiger partial charge in [0, 0.05) is 13.7 Å². The van der Waals surface area contributed by atoms with Crippen LogP contribution in [-0.4, -0.2) is 48.6 Å². The van der Waals surface area contributed by atoms with Gasteiger partial charge < -0.3 is 19.5 Å². The van der Waals surface area contributed by atoms with Gasteiger partial charge in [0.2, 0.25) is 0 Å². The minimum absolute atomic E-state index is 0.0580. The van der Waals surface area contributed by atoms with Crippen LogP contribution in [0.2, 0.25) is 0 Å². The summed E-state index contributed by atoms with van der Waals surface area (Å²) >= 11 is 0. The predicted molar refractivity (Wildman–Crippen MR) is 128 cm³/mol. The fourth-order valence-electron chi connectivity index (χ4n) is 3.68. The Hall–Kier alpha value is -3.38. The third-order valence-corrected chi connectivity index (χ3v) is 5.47. The fourth-order valence-corrected chi connectivity index (χ4v) is 3.68. The second kappa shape index (κ2) is 11.5. The monoisotopic (exact) mass is 449 g/mol. The molecule has 1 heterocycles. The van der Waals surface area contributed by atoms with Crippen molar-refractivity contribution >= 4 is 17.8 Å². The lowest BCUT2D eigenvalue weighted by molar-refractivity contribution is -0.130. The van der Waals surface area contributed by atoms with E-state index in [-0.39, 0.29) is 18.7 Å². The highest BCUT2D eigenvalue weighted by atomic mass is 16.5. The Balaban J connectivity index is 1.92. The van der Waals surface area contributed by atoms with Crippen LogP contribution < -0.4 is 4.74 Å². The van der Waals surface area contributed by atoms with Crippen LogP contribution in [0.1, 0.15) is 37.4 Å². The topological polar surface area (TPSA) is 76.1 Å². The molecular weight excluding hydrogens is 418 g/mol. The molecule has 1 unspecified atom stereocenters. The number of amides is 1. The number of carbonyl (C=O) groups excluding carboxylic acids is 2. The second-order valence-electron chi connectivity index (χ2n) is 8.37. The summed E-state index contributed by atoms with van der Waals surface area (Å²) in [7, 11) is 1.54. The average Bonchev–Trinajstić information content (AvgIpc) is 3.06. The quantitative estimate of drug-likeness (QED) is 0.502. The Labute approximate surface area is 195 Å². The molecule has 0 aliphatic carbocycles. The third-order valence-electron chi connectivity index (χ3n) is 5.47. The summed E-state index contributed by atoms with van der Waals surface area (Å²) in [5.74, 6) is -0.346. The molecule has 0 bridgehead atoms. The molecule has 0 aromatic heterocycles. The van der Waals surface area contributed by atoms with E-state index in [2.05, 4.69) is 13.8 Å². The summed E-state index contributed by atoms with van der Waals surface area (Å²) in [6.45, 7) is 5.35. The molecule has 0 fully saturated rings. The molecule has 6 nitrogen and oxygen atoms in total. The number of hydrogen-bond donors (Lipinski definition) is 1. The minimum atomic E-state index is -0.728. The number of rotatable bonds is 11. The summed E-state index contributed by atoms with van der Waals surface area (Å²) < 4.78 is 11.0. The van der Waals surface area contributed by atoms with Crippen LogP contribution >= 0.6 is 0 Å². The van der Waals surface area contributed by atoms with E-state index in [0.29, 0.717) is 23.8 Å². The van der Waals surface area contributed by atoms with Crippen LogP contribution in [-0.2, 0) is 14.3 Å². The van der Waals surface area contributed by atoms with Gasteiger partial charge in [0.15, 0.2) is 11.5 Å². The SMILES string of the molecule is COCCN1C(=O)C(O)=C(C(=O)/C=C/c2ccccc2)C1c1cccc(OCCC(C)C)c1. The van der Waals surface area contributed by atoms with Gasteiger partial charge in [0.1, 0.15) is 5.75 Å². The number of benzene rings is 2. The maximum atomic E-state index is 13.2. The van der Waals surface area contributed by atoms with E-state index in [0.717, 1.165) is 12.0 Å². The molecule has 1 amide bonds. The Kier molecular flexibility index (Phi) is 8.44. The molecule has 3 rings (SSSR count). The van der Waals surface area contributed by atoms with Gasteiger partial charge in [-0.3, -0.25) is 9.59 Å². The number of aliphatic hydroxyl groups is 1. The maximum absolute atomic E-state index is 13.2. The highest BCUT2D eigenvalue weighted by molar-refractivity contribution is 6.14. The molecule has 0 spiro atoms. The van der Waals surface area contributed by atoms with Crippen molar-refractivity contribution in [3.63, 3.8) is 0 Å². The number of allylic oxidation sites excluding steroid dienone is 1. The lowest BCUT2D eigenvalue weighted by atomic mass is 9.95. The van der Waals surface area contributed by atoms with E-state index in [1.54, 1.807) is 13.2 Å². The average molecular weight is 450 g/mol. The van der Waals surface area contributed by atoms with Crippen LogP contribution in [0.15, 0.2) is 72.0 Å². The molecule has 174 valence electrons. The van der Waals surface area contributed by atoms with E-state index in [9.17, 15) is 14.7 Å². The zero-order valence-corrected chi connectivity index (χ0v) is 19.4. The Morgan fingerprint density at radius 3 is 2.58 bits per heavy atom. The van der Waals surface area contributed by atoms with Gasteiger partial charge in [-0.05, 0) is 41.7 Å². The van der Waals surface area contributed by atoms with E-state index in [4.69, 9.17) is 9.47 Å². The van der Waals surface area contributed by atoms with E-state index < -0.39 is 23.5 Å². The van der Waals surface area contributed by atoms with E-state index >= 15 is 0 Å². The zero-order valence-electron chi connectivity index (χ0n) is 19.4. The van der Waals surface area contributed by atoms with Crippen molar-refractivity contribution in [3.05, 3.63) is 83.1 Å². The highest BCUT2D eigenvalue weighted by Gasteiger charge is 2.42. The molecule has 33 heavy (non-hydrogen) atoms. The minimum Gasteiger partial charge on any atom is -0.503 e. The van der Waals surface area contributed by atoms with Crippen molar-refractivity contribution < 1.29 is 24.2 Å². The molecule has 1 atom stereocenters. The maximum Gasteiger partial charge on any atom is 0.290 e. The number of ether oxygens (including phenoxy) is 2. The molecule has 1 aliphatic rings. The molecule has 0 saturated carbocycles. The number of carbonyl (C=O) groups is 2. The van der Waals surface area contributed by atoms with Crippen molar-refractivity contribution in [2.45, 2.75) is 26.3 Å². The lowest BCUT2D eigenvalue weighted by Crippen LogP contribution is -2.33. The summed E-state index contributed by atoms with van der Waals surface area (Å²) in [6.07, 6.45) is 3.98. The number of aliphatic hydroxyl groups excluding tert-OH is 1. The first-order valence-corrected chi connectivity index (χ1v) is 11.2. The molecule has 1 aliphatic heterocycles. The third kappa shape index (κ3) is 6.11. The predicted octanol–water partition coefficient (Wildman–Crippen LogP) is 4.74. The second-order valence-corrected chi connectivity index (χ2v) is 8.37. The van der Waals surface area contributed by atoms with Gasteiger partial charge in [0.05, 0.1) is 24.8 Å². The first-order chi connectivity index (χ1) is 15.9. The van der Waals surface area contributed by atoms with Gasteiger partial charge >= 0.3 is 0 Å². The van der Waals surface area contributed by atoms with Crippen LogP contribution in [0.3, 0.4) is 0 Å². The van der Waals surface area contributed by atoms with Crippen molar-refractivity contribution in [2.75, 3.05) is 26.9 Å². The van der Waals surface area contributed by atoms with E-state index in [1.165, 1.54) is 11.0 Å². The van der Waals surface area contributed by atoms with Crippen LogP contribution in [0, 0.1) is 5.92 Å². The largest absolute Gasteiger partial charge is 0.503 e. The summed E-state index contributed by atoms with van der Waals surface area (Å²) in [5, 5.41) is 10.7. The van der Waals surface area contributed by atoms with Crippen LogP contribution in [0.5, 0.6) is 5.75 Å². The first kappa shape index (κ1) is 24.3. The summed E-state index contributed by atoms with van der Waals surface area (Å²) in [5.41, 5.74) is 1.60. The summed E-state index contributed by atoms with van der Waals surface area (Å²) in [6, 6.07) is 16.0. The number of hydrogen-bond acceptors (Lipinski definition) is 5. The highest BCUT2D eigenvalue weighted by Crippen LogP contribution is 2.38. The zero-order chi connectivity index (χ0) is 23.8. The van der Waals surface area contributed by atoms with Crippen molar-refractivity contribution in [2.24, 2.45) is 5.92 Å². The van der Waals surface area contributed by atoms with Gasteiger partial charge in [-0.25, -0.2) is 0 Å². The Morgan fingerprint density at radius 1 is 1.12 bits per heavy atom. The van der Waals surface area contributed by atoms with Crippen LogP contribution in [0.25, 0.3) is 6.08 Å².